The van der Waals surface area contributed by atoms with Gasteiger partial charge in [-0.3, -0.25) is 15.5 Å². The number of aliphatic hydroxyl groups excluding tert-OH is 1. The van der Waals surface area contributed by atoms with Crippen molar-refractivity contribution >= 4 is 11.6 Å². The molecule has 0 amide bonds. The van der Waals surface area contributed by atoms with Crippen molar-refractivity contribution in [2.75, 3.05) is 20.8 Å². The molecule has 6 nitrogen and oxygen atoms in total. The number of fused-ring (bicyclic) bond motifs is 5. The van der Waals surface area contributed by atoms with Gasteiger partial charge in [-0.05, 0) is 31.4 Å². The van der Waals surface area contributed by atoms with Crippen LogP contribution in [0, 0.1) is 28.6 Å². The number of allylic oxidation sites excluding steroid dienone is 4. The largest absolute Gasteiger partial charge is 0.425 e. The second kappa shape index (κ2) is 8.27. The van der Waals surface area contributed by atoms with Crippen molar-refractivity contribution in [3.05, 3.63) is 29.7 Å². The SMILES string of the molecule is COC1CC2C3CCC4=CC(=O)C=C[C@]4(C)[C-]3C(O)C[C@]2(C)C1(OC)C(=O)C[O].[Y]. The van der Waals surface area contributed by atoms with Crippen molar-refractivity contribution in [3.8, 4) is 0 Å². The number of rotatable bonds is 4. The van der Waals surface area contributed by atoms with E-state index < -0.39 is 41.0 Å². The van der Waals surface area contributed by atoms with E-state index in [1.165, 1.54) is 7.11 Å². The van der Waals surface area contributed by atoms with Crippen molar-refractivity contribution in [3.63, 3.8) is 0 Å². The zero-order valence-corrected chi connectivity index (χ0v) is 21.0. The Bertz CT molecular complexity index is 793. The Hall–Kier alpha value is -0.236. The van der Waals surface area contributed by atoms with Gasteiger partial charge in [0.2, 0.25) is 0 Å². The summed E-state index contributed by atoms with van der Waals surface area (Å²) in [4.78, 5) is 24.8. The topological polar surface area (TPSA) is 92.7 Å². The monoisotopic (exact) mass is 491 g/mol. The van der Waals surface area contributed by atoms with Gasteiger partial charge in [-0.25, -0.2) is 5.11 Å². The number of hydrogen-bond acceptors (Lipinski definition) is 5. The van der Waals surface area contributed by atoms with Gasteiger partial charge in [0.05, 0.1) is 6.10 Å². The third-order valence-electron chi connectivity index (χ3n) is 8.49. The van der Waals surface area contributed by atoms with E-state index >= 15 is 0 Å². The Kier molecular flexibility index (Phi) is 6.73. The van der Waals surface area contributed by atoms with Crippen LogP contribution in [0.3, 0.4) is 0 Å². The standard InChI is InChI=1S/C23H30O6.Y/c1-21-8-7-14(25)9-13(21)5-6-15-16-10-19(28-3)23(29-4,18(27)12-24)22(16,2)11-17(26)20(15)21;/h7-9,15-17,19,26H,5-6,10-12H2,1-4H3;/q-1;/t15?,16?,17?,19?,21-,22-,23?;/m0./s1. The molecule has 0 aromatic rings. The Morgan fingerprint density at radius 3 is 2.63 bits per heavy atom. The molecule has 2 radical (unpaired) electrons. The van der Waals surface area contributed by atoms with Gasteiger partial charge in [0, 0.05) is 52.3 Å². The average molecular weight is 491 g/mol. The van der Waals surface area contributed by atoms with E-state index in [2.05, 4.69) is 6.92 Å². The number of carbonyl (C=O) groups excluding carboxylic acids is 2. The Balaban J connectivity index is 0.00000256. The molecule has 3 saturated carbocycles. The number of Topliss-reactive ketones (excluding diaryl/α,β-unsaturated/α-hetero) is 1. The quantitative estimate of drug-likeness (QED) is 0.609. The van der Waals surface area contributed by atoms with E-state index in [1.807, 2.05) is 13.0 Å². The first-order valence-corrected chi connectivity index (χ1v) is 10.4. The number of aliphatic hydroxyl groups is 1. The summed E-state index contributed by atoms with van der Waals surface area (Å²) in [5, 5.41) is 23.1. The summed E-state index contributed by atoms with van der Waals surface area (Å²) >= 11 is 0. The first-order chi connectivity index (χ1) is 13.7. The van der Waals surface area contributed by atoms with Crippen LogP contribution in [0.15, 0.2) is 23.8 Å². The number of hydrogen-bond donors (Lipinski definition) is 1. The summed E-state index contributed by atoms with van der Waals surface area (Å²) < 4.78 is 11.5. The fourth-order valence-electron chi connectivity index (χ4n) is 7.27. The molecule has 0 saturated heterocycles. The molecule has 0 heterocycles. The summed E-state index contributed by atoms with van der Waals surface area (Å²) in [6.45, 7) is 3.18. The van der Waals surface area contributed by atoms with Gasteiger partial charge >= 0.3 is 0 Å². The van der Waals surface area contributed by atoms with Crippen molar-refractivity contribution in [1.82, 2.24) is 0 Å². The summed E-state index contributed by atoms with van der Waals surface area (Å²) in [7, 11) is 3.02. The molecular weight excluding hydrogens is 461 g/mol. The van der Waals surface area contributed by atoms with E-state index in [4.69, 9.17) is 9.47 Å². The second-order valence-corrected chi connectivity index (χ2v) is 9.42. The molecule has 0 aliphatic heterocycles. The average Bonchev–Trinajstić information content (AvgIpc) is 2.95. The Morgan fingerprint density at radius 1 is 1.33 bits per heavy atom. The summed E-state index contributed by atoms with van der Waals surface area (Å²) in [5.41, 5.74) is -1.46. The number of methoxy groups -OCH3 is 2. The molecule has 0 aromatic carbocycles. The van der Waals surface area contributed by atoms with E-state index in [-0.39, 0.29) is 50.3 Å². The van der Waals surface area contributed by atoms with Crippen molar-refractivity contribution in [2.24, 2.45) is 22.7 Å². The fraction of sp³-hybridized carbons (Fsp3) is 0.696. The van der Waals surface area contributed by atoms with Gasteiger partial charge in [0.25, 0.3) is 0 Å². The molecule has 7 heteroatoms. The molecule has 0 bridgehead atoms. The molecule has 7 atom stereocenters. The molecule has 3 fully saturated rings. The van der Waals surface area contributed by atoms with Crippen LogP contribution in [-0.4, -0.2) is 55.3 Å². The van der Waals surface area contributed by atoms with Gasteiger partial charge in [0.1, 0.15) is 6.61 Å². The third kappa shape index (κ3) is 2.97. The maximum atomic E-state index is 12.9. The van der Waals surface area contributed by atoms with E-state index in [9.17, 15) is 19.8 Å². The van der Waals surface area contributed by atoms with Gasteiger partial charge in [-0.2, -0.15) is 5.92 Å². The molecule has 30 heavy (non-hydrogen) atoms. The molecule has 4 rings (SSSR count). The van der Waals surface area contributed by atoms with Crippen molar-refractivity contribution in [1.29, 1.82) is 0 Å². The maximum absolute atomic E-state index is 12.9. The van der Waals surface area contributed by atoms with Crippen LogP contribution in [-0.2, 0) is 56.9 Å². The summed E-state index contributed by atoms with van der Waals surface area (Å²) in [6, 6.07) is 0. The first-order valence-electron chi connectivity index (χ1n) is 10.4. The van der Waals surface area contributed by atoms with Crippen molar-refractivity contribution in [2.45, 2.75) is 57.3 Å². The van der Waals surface area contributed by atoms with E-state index in [0.717, 1.165) is 24.3 Å². The predicted molar refractivity (Wildman–Crippen MR) is 104 cm³/mol. The molecule has 0 spiro atoms. The van der Waals surface area contributed by atoms with Crippen LogP contribution in [0.5, 0.6) is 0 Å². The Morgan fingerprint density at radius 2 is 2.03 bits per heavy atom. The molecule has 5 unspecified atom stereocenters. The predicted octanol–water partition coefficient (Wildman–Crippen LogP) is 2.23. The van der Waals surface area contributed by atoms with E-state index in [0.29, 0.717) is 12.8 Å². The van der Waals surface area contributed by atoms with E-state index in [1.54, 1.807) is 19.3 Å². The molecule has 1 N–H and O–H groups in total. The summed E-state index contributed by atoms with van der Waals surface area (Å²) in [6.07, 6.45) is 6.44. The van der Waals surface area contributed by atoms with Gasteiger partial charge in [0.15, 0.2) is 17.2 Å². The second-order valence-electron chi connectivity index (χ2n) is 9.42. The van der Waals surface area contributed by atoms with Gasteiger partial charge in [-0.1, -0.05) is 37.9 Å². The molecule has 162 valence electrons. The minimum absolute atomic E-state index is 0. The molecular formula is C23H30O6Y-. The van der Waals surface area contributed by atoms with Crippen LogP contribution in [0.4, 0.5) is 0 Å². The fourth-order valence-corrected chi connectivity index (χ4v) is 7.27. The number of ketones is 2. The van der Waals surface area contributed by atoms with Crippen LogP contribution < -0.4 is 0 Å². The number of ether oxygens (including phenoxy) is 2. The minimum atomic E-state index is -1.35. The summed E-state index contributed by atoms with van der Waals surface area (Å²) in [5.74, 6) is 0.630. The zero-order valence-electron chi connectivity index (χ0n) is 18.1. The third-order valence-corrected chi connectivity index (χ3v) is 8.49. The first kappa shape index (κ1) is 24.4. The normalized spacial score (nSPS) is 45.1. The van der Waals surface area contributed by atoms with Gasteiger partial charge in [-0.15, -0.1) is 11.5 Å². The zero-order chi connectivity index (χ0) is 21.2. The van der Waals surface area contributed by atoms with Crippen molar-refractivity contribution < 1.29 is 62.0 Å². The minimum Gasteiger partial charge on any atom is -0.425 e. The van der Waals surface area contributed by atoms with Crippen LogP contribution in [0.1, 0.15) is 39.5 Å². The number of carbonyl (C=O) groups is 2. The smallest absolute Gasteiger partial charge is 0.196 e. The maximum Gasteiger partial charge on any atom is 0.196 e. The molecule has 4 aliphatic rings. The van der Waals surface area contributed by atoms with Gasteiger partial charge < -0.3 is 14.6 Å². The van der Waals surface area contributed by atoms with Crippen LogP contribution >= 0.6 is 0 Å². The van der Waals surface area contributed by atoms with Crippen LogP contribution in [0.25, 0.3) is 0 Å². The van der Waals surface area contributed by atoms with Crippen LogP contribution in [0.2, 0.25) is 0 Å². The molecule has 0 aromatic heterocycles. The Labute approximate surface area is 203 Å². The molecule has 4 aliphatic carbocycles.